The van der Waals surface area contributed by atoms with E-state index in [1.165, 1.54) is 11.1 Å². The van der Waals surface area contributed by atoms with Crippen molar-refractivity contribution in [2.75, 3.05) is 26.7 Å². The third kappa shape index (κ3) is 3.28. The van der Waals surface area contributed by atoms with E-state index in [2.05, 4.69) is 48.5 Å². The molecule has 1 aliphatic rings. The van der Waals surface area contributed by atoms with E-state index in [1.54, 1.807) is 0 Å². The highest BCUT2D eigenvalue weighted by Crippen LogP contribution is 2.10. The monoisotopic (exact) mass is 234 g/mol. The molecular weight excluding hydrogens is 212 g/mol. The molecule has 3 nitrogen and oxygen atoms in total. The van der Waals surface area contributed by atoms with Gasteiger partial charge in [-0.25, -0.2) is 0 Å². The molecule has 2 N–H and O–H groups in total. The summed E-state index contributed by atoms with van der Waals surface area (Å²) in [6.45, 7) is 4.23. The first-order chi connectivity index (χ1) is 8.19. The second-order valence-corrected chi connectivity index (χ2v) is 5.07. The van der Waals surface area contributed by atoms with Crippen LogP contribution in [0.4, 0.5) is 0 Å². The number of benzene rings is 1. The van der Waals surface area contributed by atoms with E-state index < -0.39 is 0 Å². The van der Waals surface area contributed by atoms with Crippen LogP contribution in [0.5, 0.6) is 0 Å². The lowest BCUT2D eigenvalue weighted by Gasteiger charge is -2.37. The Bertz CT molecular complexity index is 350. The number of aliphatic hydroxyl groups excluding tert-OH is 1. The SMILES string of the molecule is Cc1ccc(CC2CN(C)C(CO)CN2)cc1. The Morgan fingerprint density at radius 2 is 2.06 bits per heavy atom. The fraction of sp³-hybridized carbons (Fsp3) is 0.571. The zero-order valence-corrected chi connectivity index (χ0v) is 10.7. The molecule has 2 unspecified atom stereocenters. The van der Waals surface area contributed by atoms with Gasteiger partial charge >= 0.3 is 0 Å². The van der Waals surface area contributed by atoms with Crippen molar-refractivity contribution in [2.24, 2.45) is 0 Å². The van der Waals surface area contributed by atoms with Crippen LogP contribution in [-0.2, 0) is 6.42 Å². The maximum absolute atomic E-state index is 9.19. The van der Waals surface area contributed by atoms with E-state index in [-0.39, 0.29) is 12.6 Å². The highest BCUT2D eigenvalue weighted by atomic mass is 16.3. The molecule has 1 aliphatic heterocycles. The van der Waals surface area contributed by atoms with Crippen LogP contribution < -0.4 is 5.32 Å². The van der Waals surface area contributed by atoms with E-state index in [9.17, 15) is 5.11 Å². The molecule has 2 rings (SSSR count). The van der Waals surface area contributed by atoms with E-state index in [1.807, 2.05) is 0 Å². The van der Waals surface area contributed by atoms with Gasteiger partial charge in [0.25, 0.3) is 0 Å². The van der Waals surface area contributed by atoms with Gasteiger partial charge in [0.05, 0.1) is 6.61 Å². The molecule has 1 aromatic rings. The quantitative estimate of drug-likeness (QED) is 0.812. The van der Waals surface area contributed by atoms with Crippen molar-refractivity contribution in [3.63, 3.8) is 0 Å². The van der Waals surface area contributed by atoms with Crippen molar-refractivity contribution < 1.29 is 5.11 Å². The van der Waals surface area contributed by atoms with Gasteiger partial charge in [0.1, 0.15) is 0 Å². The lowest BCUT2D eigenvalue weighted by Crippen LogP contribution is -2.56. The van der Waals surface area contributed by atoms with Crippen molar-refractivity contribution in [3.05, 3.63) is 35.4 Å². The van der Waals surface area contributed by atoms with Crippen LogP contribution in [-0.4, -0.2) is 48.8 Å². The molecule has 1 fully saturated rings. The van der Waals surface area contributed by atoms with Gasteiger partial charge < -0.3 is 10.4 Å². The highest BCUT2D eigenvalue weighted by molar-refractivity contribution is 5.22. The minimum absolute atomic E-state index is 0.237. The maximum atomic E-state index is 9.19. The van der Waals surface area contributed by atoms with Gasteiger partial charge in [0.15, 0.2) is 0 Å². The van der Waals surface area contributed by atoms with Crippen LogP contribution >= 0.6 is 0 Å². The predicted molar refractivity (Wildman–Crippen MR) is 70.2 cm³/mol. The van der Waals surface area contributed by atoms with Gasteiger partial charge in [-0.1, -0.05) is 29.8 Å². The molecule has 0 spiro atoms. The van der Waals surface area contributed by atoms with Crippen molar-refractivity contribution in [2.45, 2.75) is 25.4 Å². The van der Waals surface area contributed by atoms with Crippen molar-refractivity contribution >= 4 is 0 Å². The number of aryl methyl sites for hydroxylation is 1. The first kappa shape index (κ1) is 12.6. The molecule has 0 saturated carbocycles. The minimum Gasteiger partial charge on any atom is -0.395 e. The van der Waals surface area contributed by atoms with Gasteiger partial charge in [0.2, 0.25) is 0 Å². The lowest BCUT2D eigenvalue weighted by atomic mass is 10.0. The predicted octanol–water partition coefficient (Wildman–Crippen LogP) is 0.802. The first-order valence-electron chi connectivity index (χ1n) is 6.29. The minimum atomic E-state index is 0.237. The standard InChI is InChI=1S/C14H22N2O/c1-11-3-5-12(6-4-11)7-13-9-16(2)14(10-17)8-15-13/h3-6,13-15,17H,7-10H2,1-2H3. The zero-order valence-electron chi connectivity index (χ0n) is 10.7. The Hall–Kier alpha value is -0.900. The molecule has 0 bridgehead atoms. The van der Waals surface area contributed by atoms with Crippen molar-refractivity contribution in [1.82, 2.24) is 10.2 Å². The molecule has 94 valence electrons. The van der Waals surface area contributed by atoms with Gasteiger partial charge in [-0.2, -0.15) is 0 Å². The zero-order chi connectivity index (χ0) is 12.3. The molecule has 0 amide bonds. The summed E-state index contributed by atoms with van der Waals surface area (Å²) >= 11 is 0. The average Bonchev–Trinajstić information content (AvgIpc) is 2.32. The number of piperazine rings is 1. The fourth-order valence-electron chi connectivity index (χ4n) is 2.37. The Morgan fingerprint density at radius 1 is 1.35 bits per heavy atom. The number of likely N-dealkylation sites (N-methyl/N-ethyl adjacent to an activating group) is 1. The Balaban J connectivity index is 1.90. The number of hydrogen-bond donors (Lipinski definition) is 2. The van der Waals surface area contributed by atoms with E-state index >= 15 is 0 Å². The maximum Gasteiger partial charge on any atom is 0.0599 e. The first-order valence-corrected chi connectivity index (χ1v) is 6.29. The molecule has 0 radical (unpaired) electrons. The molecule has 0 aromatic heterocycles. The largest absolute Gasteiger partial charge is 0.395 e. The smallest absolute Gasteiger partial charge is 0.0599 e. The summed E-state index contributed by atoms with van der Waals surface area (Å²) in [5.41, 5.74) is 2.69. The lowest BCUT2D eigenvalue weighted by molar-refractivity contribution is 0.103. The summed E-state index contributed by atoms with van der Waals surface area (Å²) in [4.78, 5) is 2.25. The topological polar surface area (TPSA) is 35.5 Å². The average molecular weight is 234 g/mol. The second-order valence-electron chi connectivity index (χ2n) is 5.07. The number of rotatable bonds is 3. The van der Waals surface area contributed by atoms with Crippen molar-refractivity contribution in [3.8, 4) is 0 Å². The molecule has 1 heterocycles. The fourth-order valence-corrected chi connectivity index (χ4v) is 2.37. The molecule has 2 atom stereocenters. The van der Waals surface area contributed by atoms with Crippen LogP contribution in [0, 0.1) is 6.92 Å². The van der Waals surface area contributed by atoms with Gasteiger partial charge in [-0.15, -0.1) is 0 Å². The summed E-state index contributed by atoms with van der Waals surface area (Å²) in [7, 11) is 2.09. The highest BCUT2D eigenvalue weighted by Gasteiger charge is 2.24. The number of aliphatic hydroxyl groups is 1. The van der Waals surface area contributed by atoms with Crippen LogP contribution in [0.25, 0.3) is 0 Å². The van der Waals surface area contributed by atoms with Crippen LogP contribution in [0.1, 0.15) is 11.1 Å². The van der Waals surface area contributed by atoms with Gasteiger partial charge in [0, 0.05) is 25.2 Å². The van der Waals surface area contributed by atoms with E-state index in [0.717, 1.165) is 19.5 Å². The van der Waals surface area contributed by atoms with Gasteiger partial charge in [-0.05, 0) is 26.0 Å². The summed E-state index contributed by atoms with van der Waals surface area (Å²) < 4.78 is 0. The number of hydrogen-bond acceptors (Lipinski definition) is 3. The molecular formula is C14H22N2O. The Kier molecular flexibility index (Phi) is 4.15. The molecule has 1 aromatic carbocycles. The summed E-state index contributed by atoms with van der Waals surface area (Å²) in [5.74, 6) is 0. The molecule has 0 aliphatic carbocycles. The third-order valence-corrected chi connectivity index (χ3v) is 3.59. The summed E-state index contributed by atoms with van der Waals surface area (Å²) in [6, 6.07) is 9.50. The van der Waals surface area contributed by atoms with Crippen LogP contribution in [0.3, 0.4) is 0 Å². The van der Waals surface area contributed by atoms with Crippen LogP contribution in [0.2, 0.25) is 0 Å². The molecule has 3 heteroatoms. The Labute approximate surface area is 103 Å². The molecule has 1 saturated heterocycles. The van der Waals surface area contributed by atoms with Gasteiger partial charge in [-0.3, -0.25) is 4.90 Å². The third-order valence-electron chi connectivity index (χ3n) is 3.59. The van der Waals surface area contributed by atoms with Crippen LogP contribution in [0.15, 0.2) is 24.3 Å². The summed E-state index contributed by atoms with van der Waals surface area (Å²) in [6.07, 6.45) is 1.06. The van der Waals surface area contributed by atoms with Crippen molar-refractivity contribution in [1.29, 1.82) is 0 Å². The summed E-state index contributed by atoms with van der Waals surface area (Å²) in [5, 5.41) is 12.7. The van der Waals surface area contributed by atoms with E-state index in [4.69, 9.17) is 0 Å². The molecule has 17 heavy (non-hydrogen) atoms. The number of nitrogens with one attached hydrogen (secondary N) is 1. The Morgan fingerprint density at radius 3 is 2.65 bits per heavy atom. The normalized spacial score (nSPS) is 26.1. The number of nitrogens with zero attached hydrogens (tertiary/aromatic N) is 1. The van der Waals surface area contributed by atoms with E-state index in [0.29, 0.717) is 6.04 Å². The second kappa shape index (κ2) is 5.63.